The van der Waals surface area contributed by atoms with Gasteiger partial charge in [0.25, 0.3) is 5.91 Å². The van der Waals surface area contributed by atoms with Gasteiger partial charge in [-0.25, -0.2) is 0 Å². The van der Waals surface area contributed by atoms with Gasteiger partial charge in [-0.05, 0) is 26.3 Å². The van der Waals surface area contributed by atoms with Crippen LogP contribution in [-0.2, 0) is 18.9 Å². The van der Waals surface area contributed by atoms with Gasteiger partial charge in [0, 0.05) is 43.8 Å². The first-order valence-electron chi connectivity index (χ1n) is 8.97. The predicted molar refractivity (Wildman–Crippen MR) is 104 cm³/mol. The quantitative estimate of drug-likeness (QED) is 0.673. The Balaban J connectivity index is 1.71. The molecule has 0 spiro atoms. The SMILES string of the molecule is CC[C@@H](C(=O)Nc1cc(C)n(C)n1)n1ccc(C(=O)Nc2cc(C)n(C)n2)n1. The molecule has 0 bridgehead atoms. The van der Waals surface area contributed by atoms with Crippen molar-refractivity contribution in [3.63, 3.8) is 0 Å². The summed E-state index contributed by atoms with van der Waals surface area (Å²) in [5.41, 5.74) is 2.07. The van der Waals surface area contributed by atoms with Crippen molar-refractivity contribution in [1.82, 2.24) is 29.3 Å². The number of hydrogen-bond acceptors (Lipinski definition) is 5. The Morgan fingerprint density at radius 2 is 1.57 bits per heavy atom. The van der Waals surface area contributed by atoms with Crippen LogP contribution in [0.4, 0.5) is 11.6 Å². The Kier molecular flexibility index (Phi) is 5.30. The third-order valence-corrected chi connectivity index (χ3v) is 4.57. The van der Waals surface area contributed by atoms with Crippen molar-refractivity contribution in [3.05, 3.63) is 41.5 Å². The van der Waals surface area contributed by atoms with Gasteiger partial charge < -0.3 is 10.6 Å². The van der Waals surface area contributed by atoms with Gasteiger partial charge >= 0.3 is 0 Å². The van der Waals surface area contributed by atoms with Crippen LogP contribution >= 0.6 is 0 Å². The molecule has 3 rings (SSSR count). The van der Waals surface area contributed by atoms with Crippen LogP contribution in [0.3, 0.4) is 0 Å². The van der Waals surface area contributed by atoms with Crippen molar-refractivity contribution in [2.75, 3.05) is 10.6 Å². The molecule has 0 aliphatic heterocycles. The van der Waals surface area contributed by atoms with Crippen LogP contribution in [0.15, 0.2) is 24.4 Å². The Bertz CT molecular complexity index is 974. The summed E-state index contributed by atoms with van der Waals surface area (Å²) < 4.78 is 4.85. The molecule has 10 nitrogen and oxygen atoms in total. The minimum absolute atomic E-state index is 0.211. The Hall–Kier alpha value is -3.43. The number of carbonyl (C=O) groups excluding carboxylic acids is 2. The van der Waals surface area contributed by atoms with E-state index >= 15 is 0 Å². The van der Waals surface area contributed by atoms with Crippen LogP contribution in [0.1, 0.15) is 41.3 Å². The molecular weight excluding hydrogens is 360 g/mol. The Morgan fingerprint density at radius 3 is 2.07 bits per heavy atom. The first-order chi connectivity index (χ1) is 13.3. The molecule has 2 amide bonds. The number of aryl methyl sites for hydroxylation is 4. The molecule has 0 unspecified atom stereocenters. The standard InChI is InChI=1S/C18H24N8O2/c1-6-14(18(28)20-16-10-12(3)25(5)23-16)26-8-7-13(21-26)17(27)19-15-9-11(2)24(4)22-15/h7-10,14H,6H2,1-5H3,(H,19,22,27)(H,20,23,28)/t14-/m0/s1. The van der Waals surface area contributed by atoms with E-state index in [1.54, 1.807) is 40.8 Å². The highest BCUT2D eigenvalue weighted by Gasteiger charge is 2.22. The lowest BCUT2D eigenvalue weighted by Gasteiger charge is -2.14. The van der Waals surface area contributed by atoms with Crippen molar-refractivity contribution in [1.29, 1.82) is 0 Å². The minimum Gasteiger partial charge on any atom is -0.307 e. The maximum absolute atomic E-state index is 12.6. The molecule has 0 radical (unpaired) electrons. The molecule has 0 saturated heterocycles. The average Bonchev–Trinajstić information content (AvgIpc) is 3.30. The van der Waals surface area contributed by atoms with Crippen LogP contribution in [-0.4, -0.2) is 41.2 Å². The number of aromatic nitrogens is 6. The van der Waals surface area contributed by atoms with E-state index in [9.17, 15) is 9.59 Å². The van der Waals surface area contributed by atoms with Gasteiger partial charge in [-0.1, -0.05) is 6.92 Å². The summed E-state index contributed by atoms with van der Waals surface area (Å²) in [7, 11) is 3.61. The van der Waals surface area contributed by atoms with Gasteiger partial charge in [0.2, 0.25) is 5.91 Å². The molecule has 1 atom stereocenters. The molecular formula is C18H24N8O2. The van der Waals surface area contributed by atoms with Crippen molar-refractivity contribution in [2.45, 2.75) is 33.2 Å². The third kappa shape index (κ3) is 3.95. The topological polar surface area (TPSA) is 112 Å². The van der Waals surface area contributed by atoms with E-state index in [0.29, 0.717) is 18.1 Å². The summed E-state index contributed by atoms with van der Waals surface area (Å²) in [6.07, 6.45) is 2.13. The number of carbonyl (C=O) groups is 2. The van der Waals surface area contributed by atoms with Crippen molar-refractivity contribution >= 4 is 23.5 Å². The number of anilines is 2. The predicted octanol–water partition coefficient (Wildman–Crippen LogP) is 1.81. The van der Waals surface area contributed by atoms with Crippen LogP contribution in [0.2, 0.25) is 0 Å². The maximum atomic E-state index is 12.6. The second kappa shape index (κ2) is 7.67. The molecule has 2 N–H and O–H groups in total. The van der Waals surface area contributed by atoms with E-state index in [1.807, 2.05) is 27.8 Å². The average molecular weight is 384 g/mol. The summed E-state index contributed by atoms with van der Waals surface area (Å²) in [4.78, 5) is 25.1. The zero-order chi connectivity index (χ0) is 20.4. The van der Waals surface area contributed by atoms with Crippen molar-refractivity contribution < 1.29 is 9.59 Å². The maximum Gasteiger partial charge on any atom is 0.277 e. The summed E-state index contributed by atoms with van der Waals surface area (Å²) in [5.74, 6) is 0.317. The van der Waals surface area contributed by atoms with Gasteiger partial charge in [-0.3, -0.25) is 23.6 Å². The summed E-state index contributed by atoms with van der Waals surface area (Å²) in [6, 6.07) is 4.58. The molecule has 0 fully saturated rings. The summed E-state index contributed by atoms with van der Waals surface area (Å²) in [6.45, 7) is 5.68. The number of hydrogen-bond donors (Lipinski definition) is 2. The first-order valence-corrected chi connectivity index (χ1v) is 8.97. The van der Waals surface area contributed by atoms with E-state index in [4.69, 9.17) is 0 Å². The van der Waals surface area contributed by atoms with Crippen LogP contribution in [0.25, 0.3) is 0 Å². The zero-order valence-electron chi connectivity index (χ0n) is 16.6. The number of nitrogens with one attached hydrogen (secondary N) is 2. The van der Waals surface area contributed by atoms with Gasteiger partial charge in [0.05, 0.1) is 0 Å². The fourth-order valence-electron chi connectivity index (χ4n) is 2.76. The van der Waals surface area contributed by atoms with Crippen LogP contribution < -0.4 is 10.6 Å². The van der Waals surface area contributed by atoms with E-state index in [0.717, 1.165) is 11.4 Å². The lowest BCUT2D eigenvalue weighted by Crippen LogP contribution is -2.26. The highest BCUT2D eigenvalue weighted by molar-refractivity contribution is 6.02. The second-order valence-corrected chi connectivity index (χ2v) is 6.64. The van der Waals surface area contributed by atoms with E-state index in [-0.39, 0.29) is 17.5 Å². The molecule has 28 heavy (non-hydrogen) atoms. The smallest absolute Gasteiger partial charge is 0.277 e. The zero-order valence-corrected chi connectivity index (χ0v) is 16.6. The van der Waals surface area contributed by atoms with Gasteiger partial charge in [-0.15, -0.1) is 0 Å². The fourth-order valence-corrected chi connectivity index (χ4v) is 2.76. The molecule has 3 aromatic rings. The monoisotopic (exact) mass is 384 g/mol. The highest BCUT2D eigenvalue weighted by Crippen LogP contribution is 2.16. The molecule has 3 heterocycles. The minimum atomic E-state index is -0.555. The number of amides is 2. The molecule has 0 aliphatic rings. The van der Waals surface area contributed by atoms with Gasteiger partial charge in [-0.2, -0.15) is 15.3 Å². The molecule has 0 aromatic carbocycles. The van der Waals surface area contributed by atoms with Crippen LogP contribution in [0, 0.1) is 13.8 Å². The normalized spacial score (nSPS) is 12.0. The molecule has 3 aromatic heterocycles. The van der Waals surface area contributed by atoms with Crippen LogP contribution in [0.5, 0.6) is 0 Å². The second-order valence-electron chi connectivity index (χ2n) is 6.64. The highest BCUT2D eigenvalue weighted by atomic mass is 16.2. The molecule has 0 saturated carbocycles. The summed E-state index contributed by atoms with van der Waals surface area (Å²) >= 11 is 0. The molecule has 10 heteroatoms. The Morgan fingerprint density at radius 1 is 1.00 bits per heavy atom. The van der Waals surface area contributed by atoms with Crippen molar-refractivity contribution in [3.8, 4) is 0 Å². The van der Waals surface area contributed by atoms with Crippen molar-refractivity contribution in [2.24, 2.45) is 14.1 Å². The van der Waals surface area contributed by atoms with Gasteiger partial charge in [0.1, 0.15) is 6.04 Å². The first kappa shape index (κ1) is 19.3. The van der Waals surface area contributed by atoms with E-state index in [1.165, 1.54) is 4.68 Å². The lowest BCUT2D eigenvalue weighted by atomic mass is 10.2. The number of rotatable bonds is 6. The van der Waals surface area contributed by atoms with E-state index in [2.05, 4.69) is 25.9 Å². The largest absolute Gasteiger partial charge is 0.307 e. The lowest BCUT2D eigenvalue weighted by molar-refractivity contribution is -0.119. The third-order valence-electron chi connectivity index (χ3n) is 4.57. The summed E-state index contributed by atoms with van der Waals surface area (Å²) in [5, 5.41) is 18.2. The molecule has 0 aliphatic carbocycles. The fraction of sp³-hybridized carbons (Fsp3) is 0.389. The van der Waals surface area contributed by atoms with Gasteiger partial charge in [0.15, 0.2) is 17.3 Å². The number of nitrogens with zero attached hydrogens (tertiary/aromatic N) is 6. The Labute approximate surface area is 162 Å². The van der Waals surface area contributed by atoms with E-state index < -0.39 is 6.04 Å². The molecule has 148 valence electrons.